The molecule has 9 nitrogen and oxygen atoms in total. The molecule has 37 heavy (non-hydrogen) atoms. The van der Waals surface area contributed by atoms with E-state index in [1.54, 1.807) is 29.3 Å². The molecule has 0 N–H and O–H groups in total. The Morgan fingerprint density at radius 1 is 1.19 bits per heavy atom. The number of anilines is 1. The van der Waals surface area contributed by atoms with Crippen LogP contribution >= 0.6 is 11.3 Å². The minimum absolute atomic E-state index is 0.0778. The highest BCUT2D eigenvalue weighted by atomic mass is 32.1. The normalized spacial score (nSPS) is 19.2. The number of aromatic nitrogens is 4. The number of hydrogen-bond acceptors (Lipinski definition) is 8. The van der Waals surface area contributed by atoms with Crippen LogP contribution in [0.5, 0.6) is 0 Å². The lowest BCUT2D eigenvalue weighted by Crippen LogP contribution is -2.59. The van der Waals surface area contributed by atoms with Gasteiger partial charge in [0, 0.05) is 38.3 Å². The van der Waals surface area contributed by atoms with E-state index in [0.717, 1.165) is 24.9 Å². The average molecular weight is 515 g/mol. The van der Waals surface area contributed by atoms with E-state index in [0.29, 0.717) is 23.3 Å². The van der Waals surface area contributed by atoms with Crippen LogP contribution in [0.4, 0.5) is 5.69 Å². The first-order valence-corrected chi connectivity index (χ1v) is 13.5. The van der Waals surface area contributed by atoms with Crippen LogP contribution in [0, 0.1) is 22.7 Å². The predicted octanol–water partition coefficient (Wildman–Crippen LogP) is 4.18. The average Bonchev–Trinajstić information content (AvgIpc) is 3.56. The van der Waals surface area contributed by atoms with Gasteiger partial charge in [-0.25, -0.2) is 4.98 Å². The molecule has 3 aromatic heterocycles. The van der Waals surface area contributed by atoms with Crippen LogP contribution in [-0.2, 0) is 13.6 Å². The summed E-state index contributed by atoms with van der Waals surface area (Å²) in [5, 5.41) is 23.9. The van der Waals surface area contributed by atoms with E-state index >= 15 is 0 Å². The number of nitrogens with zero attached hydrogens (tertiary/aromatic N) is 8. The van der Waals surface area contributed by atoms with Crippen molar-refractivity contribution >= 4 is 38.3 Å². The molecule has 0 spiro atoms. The van der Waals surface area contributed by atoms with Crippen LogP contribution < -0.4 is 10.5 Å². The first-order chi connectivity index (χ1) is 17.9. The van der Waals surface area contributed by atoms with Gasteiger partial charge in [-0.2, -0.15) is 15.6 Å². The van der Waals surface area contributed by atoms with Gasteiger partial charge in [0.1, 0.15) is 23.7 Å². The summed E-state index contributed by atoms with van der Waals surface area (Å²) >= 11 is 1.66. The molecule has 1 aliphatic heterocycles. The number of pyridine rings is 1. The number of rotatable bonds is 6. The Hall–Kier alpha value is -3.73. The summed E-state index contributed by atoms with van der Waals surface area (Å²) in [4.78, 5) is 22.4. The Bertz CT molecular complexity index is 1600. The molecule has 1 unspecified atom stereocenters. The Morgan fingerprint density at radius 3 is 2.68 bits per heavy atom. The summed E-state index contributed by atoms with van der Waals surface area (Å²) in [6.07, 6.45) is 3.50. The van der Waals surface area contributed by atoms with E-state index in [4.69, 9.17) is 0 Å². The van der Waals surface area contributed by atoms with Gasteiger partial charge in [-0.1, -0.05) is 19.9 Å². The lowest BCUT2D eigenvalue weighted by molar-refractivity contribution is 0.101. The van der Waals surface area contributed by atoms with Crippen molar-refractivity contribution in [1.82, 2.24) is 24.2 Å². The number of thiazole rings is 1. The monoisotopic (exact) mass is 514 g/mol. The molecule has 0 saturated carbocycles. The van der Waals surface area contributed by atoms with Gasteiger partial charge in [0.05, 0.1) is 39.2 Å². The molecule has 1 fully saturated rings. The van der Waals surface area contributed by atoms with Crippen molar-refractivity contribution in [2.75, 3.05) is 18.0 Å². The van der Waals surface area contributed by atoms with Gasteiger partial charge in [0.2, 0.25) is 0 Å². The van der Waals surface area contributed by atoms with Crippen LogP contribution in [0.1, 0.15) is 50.8 Å². The highest BCUT2D eigenvalue weighted by Crippen LogP contribution is 2.36. The summed E-state index contributed by atoms with van der Waals surface area (Å²) in [7, 11) is 1.65. The Morgan fingerprint density at radius 2 is 1.97 bits per heavy atom. The van der Waals surface area contributed by atoms with Crippen molar-refractivity contribution in [3.05, 3.63) is 51.4 Å². The molecule has 190 valence electrons. The molecule has 4 heterocycles. The van der Waals surface area contributed by atoms with E-state index in [1.165, 1.54) is 14.8 Å². The fourth-order valence-electron chi connectivity index (χ4n) is 5.61. The predicted molar refractivity (Wildman–Crippen MR) is 146 cm³/mol. The van der Waals surface area contributed by atoms with Crippen molar-refractivity contribution in [1.29, 1.82) is 10.5 Å². The molecule has 4 aromatic rings. The first kappa shape index (κ1) is 24.9. The van der Waals surface area contributed by atoms with Gasteiger partial charge in [-0.05, 0) is 37.5 Å². The maximum atomic E-state index is 13.2. The van der Waals surface area contributed by atoms with Crippen LogP contribution in [0.25, 0.3) is 21.3 Å². The topological polar surface area (TPSA) is 107 Å². The van der Waals surface area contributed by atoms with Crippen molar-refractivity contribution in [2.24, 2.45) is 7.05 Å². The quantitative estimate of drug-likeness (QED) is 0.380. The van der Waals surface area contributed by atoms with Gasteiger partial charge in [0.25, 0.3) is 5.56 Å². The molecule has 0 amide bonds. The fourth-order valence-corrected chi connectivity index (χ4v) is 6.34. The summed E-state index contributed by atoms with van der Waals surface area (Å²) in [6, 6.07) is 11.3. The number of nitriles is 2. The van der Waals surface area contributed by atoms with Crippen LogP contribution in [0.15, 0.2) is 34.7 Å². The number of piperazine rings is 1. The van der Waals surface area contributed by atoms with Crippen LogP contribution in [0.3, 0.4) is 0 Å². The van der Waals surface area contributed by atoms with Crippen LogP contribution in [0.2, 0.25) is 0 Å². The van der Waals surface area contributed by atoms with E-state index in [2.05, 4.69) is 71.0 Å². The molecule has 0 aliphatic carbocycles. The van der Waals surface area contributed by atoms with Crippen molar-refractivity contribution < 1.29 is 0 Å². The lowest BCUT2D eigenvalue weighted by atomic mass is 9.96. The number of aryl methyl sites for hydroxylation is 1. The Balaban J connectivity index is 1.57. The van der Waals surface area contributed by atoms with Crippen molar-refractivity contribution in [3.63, 3.8) is 0 Å². The molecule has 10 heteroatoms. The highest BCUT2D eigenvalue weighted by molar-refractivity contribution is 7.16. The minimum atomic E-state index is -0.335. The number of benzene rings is 1. The summed E-state index contributed by atoms with van der Waals surface area (Å²) in [5.41, 5.74) is 5.78. The van der Waals surface area contributed by atoms with E-state index in [-0.39, 0.29) is 35.8 Å². The number of hydrogen-bond donors (Lipinski definition) is 0. The molecular weight excluding hydrogens is 484 g/mol. The molecule has 1 aliphatic rings. The Kier molecular flexibility index (Phi) is 6.72. The highest BCUT2D eigenvalue weighted by Gasteiger charge is 2.38. The summed E-state index contributed by atoms with van der Waals surface area (Å²) < 4.78 is 4.20. The third kappa shape index (κ3) is 4.16. The van der Waals surface area contributed by atoms with Crippen LogP contribution in [-0.4, -0.2) is 49.4 Å². The van der Waals surface area contributed by atoms with E-state index in [1.807, 2.05) is 5.51 Å². The van der Waals surface area contributed by atoms with Gasteiger partial charge in [0.15, 0.2) is 0 Å². The van der Waals surface area contributed by atoms with Gasteiger partial charge < -0.3 is 9.47 Å². The van der Waals surface area contributed by atoms with Gasteiger partial charge >= 0.3 is 0 Å². The zero-order valence-electron chi connectivity index (χ0n) is 21.5. The second-order valence-corrected chi connectivity index (χ2v) is 10.5. The van der Waals surface area contributed by atoms with E-state index < -0.39 is 0 Å². The maximum Gasteiger partial charge on any atom is 0.271 e. The fraction of sp³-hybridized carbons (Fsp3) is 0.444. The second kappa shape index (κ2) is 9.97. The zero-order valence-corrected chi connectivity index (χ0v) is 22.4. The molecule has 0 radical (unpaired) electrons. The number of fused-ring (bicyclic) bond motifs is 2. The van der Waals surface area contributed by atoms with Crippen molar-refractivity contribution in [2.45, 2.75) is 58.3 Å². The molecule has 5 rings (SSSR count). The molecule has 1 aromatic carbocycles. The third-order valence-electron chi connectivity index (χ3n) is 7.73. The smallest absolute Gasteiger partial charge is 0.271 e. The SMILES string of the molecule is CC[C@H]1CN(C(C)c2ccc3ncsc3c2)[C@H](CC)CN1c1c(C#N)c(=O)n(C)c2cn(CC#N)nc12. The largest absolute Gasteiger partial charge is 0.363 e. The zero-order chi connectivity index (χ0) is 26.3. The summed E-state index contributed by atoms with van der Waals surface area (Å²) in [6.45, 7) is 8.16. The first-order valence-electron chi connectivity index (χ1n) is 12.6. The standard InChI is InChI=1S/C27H30N8OS/c1-5-19-14-35(26-21(12-29)27(36)32(4)23-15-33(10-9-28)31-25(23)26)20(6-2)13-34(19)17(3)18-7-8-22-24(11-18)37-16-30-22/h7-8,11,15-17,19-20H,5-6,10,13-14H2,1-4H3/t17?,19-,20+/m1/s1. The van der Waals surface area contributed by atoms with Gasteiger partial charge in [-0.15, -0.1) is 11.3 Å². The third-order valence-corrected chi connectivity index (χ3v) is 8.52. The Labute approximate surface area is 219 Å². The minimum Gasteiger partial charge on any atom is -0.363 e. The van der Waals surface area contributed by atoms with E-state index in [9.17, 15) is 15.3 Å². The maximum absolute atomic E-state index is 13.2. The second-order valence-electron chi connectivity index (χ2n) is 9.65. The summed E-state index contributed by atoms with van der Waals surface area (Å²) in [5.74, 6) is 0. The molecule has 3 atom stereocenters. The lowest BCUT2D eigenvalue weighted by Gasteiger charge is -2.49. The molecule has 0 bridgehead atoms. The molecule has 1 saturated heterocycles. The van der Waals surface area contributed by atoms with Crippen molar-refractivity contribution in [3.8, 4) is 12.1 Å². The molecular formula is C27H30N8OS. The van der Waals surface area contributed by atoms with Gasteiger partial charge in [-0.3, -0.25) is 14.4 Å².